The molecule has 0 aliphatic carbocycles. The lowest BCUT2D eigenvalue weighted by Crippen LogP contribution is -2.26. The molecule has 0 saturated heterocycles. The Morgan fingerprint density at radius 2 is 2.11 bits per heavy atom. The number of anilines is 2. The van der Waals surface area contributed by atoms with E-state index in [1.165, 1.54) is 21.0 Å². The summed E-state index contributed by atoms with van der Waals surface area (Å²) in [5.74, 6) is 0.0198. The molecule has 9 heteroatoms. The number of halogens is 2. The van der Waals surface area contributed by atoms with Gasteiger partial charge in [-0.25, -0.2) is 13.8 Å². The van der Waals surface area contributed by atoms with Gasteiger partial charge in [-0.3, -0.25) is 10.1 Å². The average Bonchev–Trinajstić information content (AvgIpc) is 2.26. The molecule has 100 valence electrons. The number of hydrogen-bond acceptors (Lipinski definition) is 6. The van der Waals surface area contributed by atoms with Crippen molar-refractivity contribution in [3.8, 4) is 0 Å². The Morgan fingerprint density at radius 1 is 1.50 bits per heavy atom. The van der Waals surface area contributed by atoms with Crippen molar-refractivity contribution < 1.29 is 13.7 Å². The van der Waals surface area contributed by atoms with E-state index in [2.05, 4.69) is 15.3 Å². The molecule has 18 heavy (non-hydrogen) atoms. The summed E-state index contributed by atoms with van der Waals surface area (Å²) in [6.45, 7) is 0.792. The summed E-state index contributed by atoms with van der Waals surface area (Å²) in [5.41, 5.74) is -0.243. The van der Waals surface area contributed by atoms with Gasteiger partial charge in [0.15, 0.2) is 0 Å². The zero-order chi connectivity index (χ0) is 13.9. The van der Waals surface area contributed by atoms with Crippen LogP contribution in [0.4, 0.5) is 26.2 Å². The van der Waals surface area contributed by atoms with Crippen molar-refractivity contribution in [1.82, 2.24) is 9.97 Å². The number of nitrogens with zero attached hydrogens (tertiary/aromatic N) is 4. The molecule has 0 aliphatic rings. The van der Waals surface area contributed by atoms with E-state index in [0.717, 1.165) is 4.90 Å². The minimum atomic E-state index is -2.61. The number of nitrogens with one attached hydrogen (secondary N) is 1. The fourth-order valence-corrected chi connectivity index (χ4v) is 1.44. The Balaban J connectivity index is 3.29. The molecule has 1 heterocycles. The number of nitro groups is 1. The topological polar surface area (TPSA) is 84.2 Å². The van der Waals surface area contributed by atoms with Crippen LogP contribution in [0.2, 0.25) is 0 Å². The zero-order valence-corrected chi connectivity index (χ0v) is 10.1. The highest BCUT2D eigenvalue weighted by Crippen LogP contribution is 2.29. The SMILES string of the molecule is CNc1nc(C)c([N+](=O)[O-])c(N(C)CC(F)F)n1. The number of hydrogen-bond donors (Lipinski definition) is 1. The van der Waals surface area contributed by atoms with Crippen molar-refractivity contribution in [1.29, 1.82) is 0 Å². The first-order valence-corrected chi connectivity index (χ1v) is 5.06. The van der Waals surface area contributed by atoms with Crippen LogP contribution >= 0.6 is 0 Å². The van der Waals surface area contributed by atoms with E-state index < -0.39 is 17.9 Å². The van der Waals surface area contributed by atoms with Crippen molar-refractivity contribution in [3.63, 3.8) is 0 Å². The fourth-order valence-electron chi connectivity index (χ4n) is 1.44. The molecule has 1 rings (SSSR count). The van der Waals surface area contributed by atoms with Gasteiger partial charge in [0.25, 0.3) is 6.43 Å². The number of rotatable bonds is 5. The van der Waals surface area contributed by atoms with Crippen LogP contribution < -0.4 is 10.2 Å². The Hall–Kier alpha value is -2.06. The van der Waals surface area contributed by atoms with E-state index in [9.17, 15) is 18.9 Å². The van der Waals surface area contributed by atoms with Gasteiger partial charge < -0.3 is 10.2 Å². The van der Waals surface area contributed by atoms with Gasteiger partial charge >= 0.3 is 5.69 Å². The Kier molecular flexibility index (Phi) is 4.29. The summed E-state index contributed by atoms with van der Waals surface area (Å²) in [5, 5.41) is 13.5. The molecule has 0 saturated carbocycles. The molecule has 0 radical (unpaired) electrons. The summed E-state index contributed by atoms with van der Waals surface area (Å²) in [6.07, 6.45) is -2.61. The van der Waals surface area contributed by atoms with Gasteiger partial charge in [-0.15, -0.1) is 0 Å². The molecule has 0 amide bonds. The first-order valence-electron chi connectivity index (χ1n) is 5.06. The molecular weight excluding hydrogens is 248 g/mol. The molecule has 0 aromatic carbocycles. The predicted molar refractivity (Wildman–Crippen MR) is 62.2 cm³/mol. The molecule has 0 bridgehead atoms. The summed E-state index contributed by atoms with van der Waals surface area (Å²) in [6, 6.07) is 0. The predicted octanol–water partition coefficient (Wildman–Crippen LogP) is 1.44. The Bertz CT molecular complexity index is 455. The number of aryl methyl sites for hydroxylation is 1. The van der Waals surface area contributed by atoms with E-state index in [1.807, 2.05) is 0 Å². The molecule has 0 aliphatic heterocycles. The Labute approximate surface area is 102 Å². The van der Waals surface area contributed by atoms with Gasteiger partial charge in [0, 0.05) is 14.1 Å². The second kappa shape index (κ2) is 5.52. The maximum Gasteiger partial charge on any atom is 0.332 e. The standard InChI is InChI=1S/C9H13F2N5O2/c1-5-7(16(17)18)8(14-9(12-2)13-5)15(3)4-6(10)11/h6H,4H2,1-3H3,(H,12,13,14). The molecule has 0 fully saturated rings. The quantitative estimate of drug-likeness (QED) is 0.637. The van der Waals surface area contributed by atoms with E-state index in [-0.39, 0.29) is 23.1 Å². The first-order chi connectivity index (χ1) is 8.36. The molecule has 1 aromatic heterocycles. The van der Waals surface area contributed by atoms with Gasteiger partial charge in [0.2, 0.25) is 11.8 Å². The average molecular weight is 261 g/mol. The molecule has 0 atom stereocenters. The van der Waals surface area contributed by atoms with Crippen molar-refractivity contribution in [2.45, 2.75) is 13.3 Å². The molecule has 1 aromatic rings. The maximum absolute atomic E-state index is 12.3. The first kappa shape index (κ1) is 14.0. The lowest BCUT2D eigenvalue weighted by atomic mass is 10.3. The van der Waals surface area contributed by atoms with Gasteiger partial charge in [0.1, 0.15) is 5.69 Å². The highest BCUT2D eigenvalue weighted by Gasteiger charge is 2.25. The summed E-state index contributed by atoms with van der Waals surface area (Å²) < 4.78 is 24.6. The van der Waals surface area contributed by atoms with Gasteiger partial charge in [0.05, 0.1) is 11.5 Å². The lowest BCUT2D eigenvalue weighted by molar-refractivity contribution is -0.385. The van der Waals surface area contributed by atoms with Crippen LogP contribution in [0.15, 0.2) is 0 Å². The molecule has 0 spiro atoms. The van der Waals surface area contributed by atoms with Crippen LogP contribution in [0.1, 0.15) is 5.69 Å². The van der Waals surface area contributed by atoms with E-state index in [1.54, 1.807) is 0 Å². The van der Waals surface area contributed by atoms with Crippen LogP contribution in [-0.2, 0) is 0 Å². The lowest BCUT2D eigenvalue weighted by Gasteiger charge is -2.18. The molecular formula is C9H13F2N5O2. The summed E-state index contributed by atoms with van der Waals surface area (Å²) in [7, 11) is 2.86. The highest BCUT2D eigenvalue weighted by molar-refractivity contribution is 5.62. The zero-order valence-electron chi connectivity index (χ0n) is 10.1. The summed E-state index contributed by atoms with van der Waals surface area (Å²) >= 11 is 0. The highest BCUT2D eigenvalue weighted by atomic mass is 19.3. The van der Waals surface area contributed by atoms with Crippen molar-refractivity contribution in [2.24, 2.45) is 0 Å². The Morgan fingerprint density at radius 3 is 2.56 bits per heavy atom. The second-order valence-corrected chi connectivity index (χ2v) is 3.58. The minimum absolute atomic E-state index is 0.121. The third-order valence-electron chi connectivity index (χ3n) is 2.22. The van der Waals surface area contributed by atoms with Crippen LogP contribution in [0.3, 0.4) is 0 Å². The van der Waals surface area contributed by atoms with Gasteiger partial charge in [-0.2, -0.15) is 4.98 Å². The number of alkyl halides is 2. The third kappa shape index (κ3) is 2.99. The van der Waals surface area contributed by atoms with Gasteiger partial charge in [-0.1, -0.05) is 0 Å². The maximum atomic E-state index is 12.3. The normalized spacial score (nSPS) is 10.6. The van der Waals surface area contributed by atoms with Crippen LogP contribution in [0, 0.1) is 17.0 Å². The molecule has 7 nitrogen and oxygen atoms in total. The smallest absolute Gasteiger partial charge is 0.332 e. The fraction of sp³-hybridized carbons (Fsp3) is 0.556. The monoisotopic (exact) mass is 261 g/mol. The van der Waals surface area contributed by atoms with Crippen molar-refractivity contribution in [2.75, 3.05) is 30.9 Å². The van der Waals surface area contributed by atoms with Gasteiger partial charge in [-0.05, 0) is 6.92 Å². The van der Waals surface area contributed by atoms with E-state index in [0.29, 0.717) is 0 Å². The minimum Gasteiger partial charge on any atom is -0.357 e. The number of aromatic nitrogens is 2. The van der Waals surface area contributed by atoms with E-state index >= 15 is 0 Å². The van der Waals surface area contributed by atoms with Crippen LogP contribution in [0.25, 0.3) is 0 Å². The van der Waals surface area contributed by atoms with Crippen LogP contribution in [0.5, 0.6) is 0 Å². The second-order valence-electron chi connectivity index (χ2n) is 3.58. The summed E-state index contributed by atoms with van der Waals surface area (Å²) in [4.78, 5) is 19.0. The van der Waals surface area contributed by atoms with Crippen LogP contribution in [-0.4, -0.2) is 42.0 Å². The van der Waals surface area contributed by atoms with E-state index in [4.69, 9.17) is 0 Å². The third-order valence-corrected chi connectivity index (χ3v) is 2.22. The molecule has 0 unspecified atom stereocenters. The molecule has 1 N–H and O–H groups in total. The largest absolute Gasteiger partial charge is 0.357 e. The van der Waals surface area contributed by atoms with Crippen molar-refractivity contribution in [3.05, 3.63) is 15.8 Å². The van der Waals surface area contributed by atoms with Crippen molar-refractivity contribution >= 4 is 17.5 Å².